The number of rotatable bonds is 2. The van der Waals surface area contributed by atoms with Gasteiger partial charge in [0.2, 0.25) is 5.82 Å². The summed E-state index contributed by atoms with van der Waals surface area (Å²) in [6, 6.07) is 0. The summed E-state index contributed by atoms with van der Waals surface area (Å²) in [7, 11) is 1.46. The van der Waals surface area contributed by atoms with Crippen LogP contribution in [-0.2, 0) is 0 Å². The van der Waals surface area contributed by atoms with Gasteiger partial charge in [-0.15, -0.1) is 10.2 Å². The highest BCUT2D eigenvalue weighted by Crippen LogP contribution is 1.99. The van der Waals surface area contributed by atoms with Gasteiger partial charge in [-0.3, -0.25) is 4.79 Å². The van der Waals surface area contributed by atoms with Crippen molar-refractivity contribution in [3.8, 4) is 5.88 Å². The smallest absolute Gasteiger partial charge is 0.251 e. The minimum absolute atomic E-state index is 0.103. The average molecular weight is 153 g/mol. The standard InChI is InChI=1S/C6H7N3O2/c1-4(10)6-7-3-5(11-2)8-9-6/h3H,1-2H3. The normalized spacial score (nSPS) is 9.27. The summed E-state index contributed by atoms with van der Waals surface area (Å²) in [4.78, 5) is 14.3. The van der Waals surface area contributed by atoms with Gasteiger partial charge in [-0.25, -0.2) is 4.98 Å². The number of Topliss-reactive ketones (excluding diaryl/α,β-unsaturated/α-hetero) is 1. The summed E-state index contributed by atoms with van der Waals surface area (Å²) in [5.41, 5.74) is 0. The van der Waals surface area contributed by atoms with Crippen molar-refractivity contribution < 1.29 is 9.53 Å². The number of hydrogen-bond donors (Lipinski definition) is 0. The first-order valence-electron chi connectivity index (χ1n) is 2.98. The van der Waals surface area contributed by atoms with Gasteiger partial charge in [0.1, 0.15) is 0 Å². The Morgan fingerprint density at radius 1 is 1.55 bits per heavy atom. The topological polar surface area (TPSA) is 65.0 Å². The summed E-state index contributed by atoms with van der Waals surface area (Å²) in [5, 5.41) is 7.08. The molecule has 1 heterocycles. The zero-order chi connectivity index (χ0) is 8.27. The Hall–Kier alpha value is -1.52. The lowest BCUT2D eigenvalue weighted by Crippen LogP contribution is -2.03. The van der Waals surface area contributed by atoms with Gasteiger partial charge in [-0.1, -0.05) is 0 Å². The monoisotopic (exact) mass is 153 g/mol. The zero-order valence-electron chi connectivity index (χ0n) is 6.24. The highest BCUT2D eigenvalue weighted by atomic mass is 16.5. The molecular weight excluding hydrogens is 146 g/mol. The van der Waals surface area contributed by atoms with Crippen molar-refractivity contribution >= 4 is 5.78 Å². The minimum atomic E-state index is -0.208. The van der Waals surface area contributed by atoms with E-state index in [1.54, 1.807) is 0 Å². The highest BCUT2D eigenvalue weighted by molar-refractivity contribution is 5.89. The molecule has 0 spiro atoms. The SMILES string of the molecule is COc1cnc(C(C)=O)nn1. The first-order valence-corrected chi connectivity index (χ1v) is 2.98. The van der Waals surface area contributed by atoms with Crippen molar-refractivity contribution in [2.75, 3.05) is 7.11 Å². The average Bonchev–Trinajstić information content (AvgIpc) is 2.05. The molecule has 0 radical (unpaired) electrons. The van der Waals surface area contributed by atoms with Gasteiger partial charge < -0.3 is 4.74 Å². The molecule has 0 N–H and O–H groups in total. The van der Waals surface area contributed by atoms with Crippen LogP contribution in [0.2, 0.25) is 0 Å². The summed E-state index contributed by atoms with van der Waals surface area (Å²) in [6.45, 7) is 1.38. The van der Waals surface area contributed by atoms with Gasteiger partial charge in [-0.2, -0.15) is 0 Å². The fourth-order valence-corrected chi connectivity index (χ4v) is 0.519. The molecule has 0 amide bonds. The van der Waals surface area contributed by atoms with Crippen molar-refractivity contribution in [1.82, 2.24) is 15.2 Å². The van der Waals surface area contributed by atoms with Gasteiger partial charge in [0, 0.05) is 6.92 Å². The maximum absolute atomic E-state index is 10.6. The zero-order valence-corrected chi connectivity index (χ0v) is 6.24. The van der Waals surface area contributed by atoms with Crippen molar-refractivity contribution in [1.29, 1.82) is 0 Å². The number of nitrogens with zero attached hydrogens (tertiary/aromatic N) is 3. The Morgan fingerprint density at radius 2 is 2.27 bits per heavy atom. The van der Waals surface area contributed by atoms with Crippen LogP contribution >= 0.6 is 0 Å². The predicted octanol–water partition coefficient (Wildman–Crippen LogP) is 0.0828. The van der Waals surface area contributed by atoms with Crippen LogP contribution in [0.15, 0.2) is 6.20 Å². The number of ketones is 1. The van der Waals surface area contributed by atoms with Gasteiger partial charge >= 0.3 is 0 Å². The van der Waals surface area contributed by atoms with E-state index in [2.05, 4.69) is 15.2 Å². The fraction of sp³-hybridized carbons (Fsp3) is 0.333. The number of carbonyl (C=O) groups is 1. The Kier molecular flexibility index (Phi) is 2.10. The third-order valence-electron chi connectivity index (χ3n) is 1.06. The Balaban J connectivity index is 2.91. The second-order valence-electron chi connectivity index (χ2n) is 1.88. The van der Waals surface area contributed by atoms with Gasteiger partial charge in [0.25, 0.3) is 5.88 Å². The van der Waals surface area contributed by atoms with Gasteiger partial charge in [-0.05, 0) is 0 Å². The molecule has 0 bridgehead atoms. The third kappa shape index (κ3) is 1.70. The lowest BCUT2D eigenvalue weighted by molar-refractivity contribution is 0.100. The maximum Gasteiger partial charge on any atom is 0.251 e. The molecule has 0 saturated heterocycles. The molecule has 0 aliphatic heterocycles. The van der Waals surface area contributed by atoms with Gasteiger partial charge in [0.05, 0.1) is 13.3 Å². The molecule has 0 atom stereocenters. The minimum Gasteiger partial charge on any atom is -0.479 e. The summed E-state index contributed by atoms with van der Waals surface area (Å²) >= 11 is 0. The van der Waals surface area contributed by atoms with E-state index in [0.29, 0.717) is 5.88 Å². The van der Waals surface area contributed by atoms with Crippen molar-refractivity contribution in [3.05, 3.63) is 12.0 Å². The van der Waals surface area contributed by atoms with Crippen LogP contribution in [-0.4, -0.2) is 28.1 Å². The second kappa shape index (κ2) is 3.05. The third-order valence-corrected chi connectivity index (χ3v) is 1.06. The van der Waals surface area contributed by atoms with Crippen LogP contribution in [0.25, 0.3) is 0 Å². The summed E-state index contributed by atoms with van der Waals surface area (Å²) < 4.78 is 4.70. The Labute approximate surface area is 63.4 Å². The van der Waals surface area contributed by atoms with E-state index in [-0.39, 0.29) is 11.6 Å². The molecule has 58 valence electrons. The van der Waals surface area contributed by atoms with E-state index in [1.807, 2.05) is 0 Å². The van der Waals surface area contributed by atoms with Crippen LogP contribution < -0.4 is 4.74 Å². The van der Waals surface area contributed by atoms with E-state index in [9.17, 15) is 4.79 Å². The van der Waals surface area contributed by atoms with Gasteiger partial charge in [0.15, 0.2) is 5.78 Å². The second-order valence-corrected chi connectivity index (χ2v) is 1.88. The molecule has 0 aromatic carbocycles. The first-order chi connectivity index (χ1) is 5.24. The van der Waals surface area contributed by atoms with Crippen LogP contribution in [0.3, 0.4) is 0 Å². The van der Waals surface area contributed by atoms with Crippen LogP contribution in [0, 0.1) is 0 Å². The van der Waals surface area contributed by atoms with E-state index in [0.717, 1.165) is 0 Å². The lowest BCUT2D eigenvalue weighted by Gasteiger charge is -1.95. The molecule has 0 unspecified atom stereocenters. The largest absolute Gasteiger partial charge is 0.479 e. The fourth-order valence-electron chi connectivity index (χ4n) is 0.519. The quantitative estimate of drug-likeness (QED) is 0.563. The van der Waals surface area contributed by atoms with Crippen LogP contribution in [0.1, 0.15) is 17.5 Å². The molecule has 0 aliphatic rings. The highest BCUT2D eigenvalue weighted by Gasteiger charge is 2.02. The van der Waals surface area contributed by atoms with E-state index < -0.39 is 0 Å². The lowest BCUT2D eigenvalue weighted by atomic mass is 10.4. The molecule has 0 saturated carbocycles. The number of ether oxygens (including phenoxy) is 1. The molecule has 1 aromatic heterocycles. The number of hydrogen-bond acceptors (Lipinski definition) is 5. The van der Waals surface area contributed by atoms with E-state index in [1.165, 1.54) is 20.2 Å². The molecule has 1 rings (SSSR count). The number of methoxy groups -OCH3 is 1. The van der Waals surface area contributed by atoms with E-state index >= 15 is 0 Å². The molecule has 0 fully saturated rings. The number of aromatic nitrogens is 3. The molecule has 1 aromatic rings. The van der Waals surface area contributed by atoms with Crippen molar-refractivity contribution in [3.63, 3.8) is 0 Å². The maximum atomic E-state index is 10.6. The number of carbonyl (C=O) groups excluding carboxylic acids is 1. The van der Waals surface area contributed by atoms with E-state index in [4.69, 9.17) is 4.74 Å². The summed E-state index contributed by atoms with van der Waals surface area (Å²) in [6.07, 6.45) is 1.35. The van der Waals surface area contributed by atoms with Crippen LogP contribution in [0.4, 0.5) is 0 Å². The van der Waals surface area contributed by atoms with Crippen LogP contribution in [0.5, 0.6) is 5.88 Å². The Morgan fingerprint density at radius 3 is 2.64 bits per heavy atom. The molecule has 0 aliphatic carbocycles. The molecule has 11 heavy (non-hydrogen) atoms. The molecule has 5 heteroatoms. The molecular formula is C6H7N3O2. The Bertz CT molecular complexity index is 257. The van der Waals surface area contributed by atoms with Crippen molar-refractivity contribution in [2.24, 2.45) is 0 Å². The predicted molar refractivity (Wildman–Crippen MR) is 36.4 cm³/mol. The summed E-state index contributed by atoms with van der Waals surface area (Å²) in [5.74, 6) is 0.195. The molecule has 5 nitrogen and oxygen atoms in total. The van der Waals surface area contributed by atoms with Crippen molar-refractivity contribution in [2.45, 2.75) is 6.92 Å². The first kappa shape index (κ1) is 7.59.